The molecular formula is C10H17NO. The van der Waals surface area contributed by atoms with Crippen LogP contribution in [0.15, 0.2) is 0 Å². The normalized spacial score (nSPS) is 30.9. The number of hydrogen-bond donors (Lipinski definition) is 1. The summed E-state index contributed by atoms with van der Waals surface area (Å²) in [5.74, 6) is 6.34. The van der Waals surface area contributed by atoms with Crippen LogP contribution in [0.5, 0.6) is 0 Å². The zero-order valence-electron chi connectivity index (χ0n) is 7.88. The van der Waals surface area contributed by atoms with E-state index in [4.69, 9.17) is 0 Å². The molecule has 2 nitrogen and oxygen atoms in total. The molecule has 1 heterocycles. The SMILES string of the molecule is CC#CCN1CCC(C)C(O)C1. The molecule has 0 spiro atoms. The molecule has 1 N–H and O–H groups in total. The van der Waals surface area contributed by atoms with Gasteiger partial charge in [0.05, 0.1) is 12.6 Å². The molecule has 2 atom stereocenters. The maximum Gasteiger partial charge on any atom is 0.0693 e. The highest BCUT2D eigenvalue weighted by Gasteiger charge is 2.23. The van der Waals surface area contributed by atoms with Crippen molar-refractivity contribution < 1.29 is 5.11 Å². The number of β-amino-alcohol motifs (C(OH)–C–C–N with tert-alkyl or cyclic N) is 1. The Morgan fingerprint density at radius 1 is 1.58 bits per heavy atom. The fourth-order valence-electron chi connectivity index (χ4n) is 1.45. The van der Waals surface area contributed by atoms with Gasteiger partial charge >= 0.3 is 0 Å². The third-order valence-corrected chi connectivity index (χ3v) is 2.48. The van der Waals surface area contributed by atoms with Crippen molar-refractivity contribution in [1.29, 1.82) is 0 Å². The lowest BCUT2D eigenvalue weighted by Crippen LogP contribution is -2.42. The molecule has 1 aliphatic heterocycles. The minimum absolute atomic E-state index is 0.155. The molecule has 0 amide bonds. The molecule has 1 rings (SSSR count). The van der Waals surface area contributed by atoms with E-state index >= 15 is 0 Å². The van der Waals surface area contributed by atoms with Crippen molar-refractivity contribution in [3.63, 3.8) is 0 Å². The summed E-state index contributed by atoms with van der Waals surface area (Å²) in [5.41, 5.74) is 0. The molecule has 0 aromatic rings. The van der Waals surface area contributed by atoms with Crippen molar-refractivity contribution >= 4 is 0 Å². The standard InChI is InChI=1S/C10H17NO/c1-3-4-6-11-7-5-9(2)10(12)8-11/h9-10,12H,5-8H2,1-2H3. The van der Waals surface area contributed by atoms with Gasteiger partial charge in [0.25, 0.3) is 0 Å². The lowest BCUT2D eigenvalue weighted by atomic mass is 9.96. The zero-order valence-corrected chi connectivity index (χ0v) is 7.88. The van der Waals surface area contributed by atoms with Crippen molar-refractivity contribution in [3.8, 4) is 11.8 Å². The molecule has 0 aromatic heterocycles. The van der Waals surface area contributed by atoms with Gasteiger partial charge in [0, 0.05) is 6.54 Å². The largest absolute Gasteiger partial charge is 0.392 e. The fraction of sp³-hybridized carbons (Fsp3) is 0.800. The summed E-state index contributed by atoms with van der Waals surface area (Å²) in [6.45, 7) is 6.62. The van der Waals surface area contributed by atoms with Gasteiger partial charge in [0.2, 0.25) is 0 Å². The number of hydrogen-bond acceptors (Lipinski definition) is 2. The first-order valence-electron chi connectivity index (χ1n) is 4.54. The van der Waals surface area contributed by atoms with Gasteiger partial charge < -0.3 is 5.11 Å². The van der Waals surface area contributed by atoms with Crippen LogP contribution >= 0.6 is 0 Å². The van der Waals surface area contributed by atoms with E-state index in [2.05, 4.69) is 23.7 Å². The Kier molecular flexibility index (Phi) is 3.58. The Morgan fingerprint density at radius 3 is 2.92 bits per heavy atom. The summed E-state index contributed by atoms with van der Waals surface area (Å²) in [4.78, 5) is 2.21. The highest BCUT2D eigenvalue weighted by molar-refractivity contribution is 4.98. The second-order valence-corrected chi connectivity index (χ2v) is 3.50. The number of aliphatic hydroxyl groups is 1. The first kappa shape index (κ1) is 9.57. The van der Waals surface area contributed by atoms with Gasteiger partial charge in [-0.05, 0) is 25.8 Å². The van der Waals surface area contributed by atoms with Crippen LogP contribution in [0.1, 0.15) is 20.3 Å². The molecule has 68 valence electrons. The van der Waals surface area contributed by atoms with Crippen LogP contribution in [0.2, 0.25) is 0 Å². The van der Waals surface area contributed by atoms with Crippen molar-refractivity contribution in [2.45, 2.75) is 26.4 Å². The van der Waals surface area contributed by atoms with E-state index in [0.717, 1.165) is 26.1 Å². The average Bonchev–Trinajstić information content (AvgIpc) is 2.07. The summed E-state index contributed by atoms with van der Waals surface area (Å²) >= 11 is 0. The van der Waals surface area contributed by atoms with E-state index in [-0.39, 0.29) is 6.10 Å². The highest BCUT2D eigenvalue weighted by Crippen LogP contribution is 2.15. The third kappa shape index (κ3) is 2.51. The molecule has 0 saturated carbocycles. The summed E-state index contributed by atoms with van der Waals surface area (Å²) < 4.78 is 0. The van der Waals surface area contributed by atoms with Crippen LogP contribution in [0, 0.1) is 17.8 Å². The smallest absolute Gasteiger partial charge is 0.0693 e. The summed E-state index contributed by atoms with van der Waals surface area (Å²) in [7, 11) is 0. The van der Waals surface area contributed by atoms with E-state index in [1.165, 1.54) is 0 Å². The molecule has 12 heavy (non-hydrogen) atoms. The predicted octanol–water partition coefficient (Wildman–Crippen LogP) is 0.712. The second-order valence-electron chi connectivity index (χ2n) is 3.50. The average molecular weight is 167 g/mol. The van der Waals surface area contributed by atoms with E-state index in [1.54, 1.807) is 0 Å². The van der Waals surface area contributed by atoms with Crippen LogP contribution in [0.4, 0.5) is 0 Å². The van der Waals surface area contributed by atoms with E-state index < -0.39 is 0 Å². The zero-order chi connectivity index (χ0) is 8.97. The Bertz CT molecular complexity index is 192. The molecule has 0 bridgehead atoms. The third-order valence-electron chi connectivity index (χ3n) is 2.48. The molecule has 0 aromatic carbocycles. The van der Waals surface area contributed by atoms with Gasteiger partial charge in [0.1, 0.15) is 0 Å². The van der Waals surface area contributed by atoms with Gasteiger partial charge in [0.15, 0.2) is 0 Å². The van der Waals surface area contributed by atoms with Crippen molar-refractivity contribution in [1.82, 2.24) is 4.90 Å². The van der Waals surface area contributed by atoms with E-state index in [0.29, 0.717) is 5.92 Å². The van der Waals surface area contributed by atoms with Crippen LogP contribution in [0.25, 0.3) is 0 Å². The molecule has 0 radical (unpaired) electrons. The summed E-state index contributed by atoms with van der Waals surface area (Å²) in [6.07, 6.45) is 0.935. The van der Waals surface area contributed by atoms with E-state index in [1.807, 2.05) is 6.92 Å². The van der Waals surface area contributed by atoms with Gasteiger partial charge in [-0.25, -0.2) is 0 Å². The number of nitrogens with zero attached hydrogens (tertiary/aromatic N) is 1. The van der Waals surface area contributed by atoms with Crippen molar-refractivity contribution in [3.05, 3.63) is 0 Å². The number of aliphatic hydroxyl groups excluding tert-OH is 1. The lowest BCUT2D eigenvalue weighted by Gasteiger charge is -2.32. The minimum Gasteiger partial charge on any atom is -0.392 e. The first-order chi connectivity index (χ1) is 5.74. The van der Waals surface area contributed by atoms with Crippen molar-refractivity contribution in [2.75, 3.05) is 19.6 Å². The number of rotatable bonds is 1. The predicted molar refractivity (Wildman–Crippen MR) is 49.7 cm³/mol. The van der Waals surface area contributed by atoms with E-state index in [9.17, 15) is 5.11 Å². The summed E-state index contributed by atoms with van der Waals surface area (Å²) in [5, 5.41) is 9.56. The Hall–Kier alpha value is -0.520. The number of piperidine rings is 1. The Balaban J connectivity index is 2.33. The molecule has 2 unspecified atom stereocenters. The quantitative estimate of drug-likeness (QED) is 0.581. The van der Waals surface area contributed by atoms with Gasteiger partial charge in [-0.3, -0.25) is 4.90 Å². The van der Waals surface area contributed by atoms with Gasteiger partial charge in [-0.1, -0.05) is 12.8 Å². The maximum atomic E-state index is 9.56. The second kappa shape index (κ2) is 4.49. The van der Waals surface area contributed by atoms with Crippen LogP contribution in [-0.2, 0) is 0 Å². The fourth-order valence-corrected chi connectivity index (χ4v) is 1.45. The highest BCUT2D eigenvalue weighted by atomic mass is 16.3. The summed E-state index contributed by atoms with van der Waals surface area (Å²) in [6, 6.07) is 0. The van der Waals surface area contributed by atoms with Crippen LogP contribution in [-0.4, -0.2) is 35.7 Å². The molecular weight excluding hydrogens is 150 g/mol. The van der Waals surface area contributed by atoms with Crippen LogP contribution in [0.3, 0.4) is 0 Å². The maximum absolute atomic E-state index is 9.56. The molecule has 1 saturated heterocycles. The van der Waals surface area contributed by atoms with Gasteiger partial charge in [-0.15, -0.1) is 5.92 Å². The van der Waals surface area contributed by atoms with Gasteiger partial charge in [-0.2, -0.15) is 0 Å². The number of likely N-dealkylation sites (tertiary alicyclic amines) is 1. The molecule has 1 fully saturated rings. The Labute approximate surface area is 74.6 Å². The molecule has 2 heteroatoms. The molecule has 0 aliphatic carbocycles. The minimum atomic E-state index is -0.155. The molecule has 1 aliphatic rings. The first-order valence-corrected chi connectivity index (χ1v) is 4.54. The lowest BCUT2D eigenvalue weighted by molar-refractivity contribution is 0.0351. The topological polar surface area (TPSA) is 23.5 Å². The van der Waals surface area contributed by atoms with Crippen LogP contribution < -0.4 is 0 Å². The Morgan fingerprint density at radius 2 is 2.33 bits per heavy atom. The van der Waals surface area contributed by atoms with Crippen molar-refractivity contribution in [2.24, 2.45) is 5.92 Å². The monoisotopic (exact) mass is 167 g/mol.